The van der Waals surface area contributed by atoms with Crippen molar-refractivity contribution in [3.63, 3.8) is 0 Å². The van der Waals surface area contributed by atoms with Crippen LogP contribution in [-0.4, -0.2) is 197 Å². The molecule has 4 N–H and O–H groups in total. The molecule has 0 bridgehead atoms. The number of pyridine rings is 1. The standard InChI is InChI=1S/C18H32N4O7.C18H23N3O2.C10H14O2.C6H10.C3H8.2C2H6/c1-15(23)11-19-3-5-20(12-16(24)25)7-9-22(14-18(28)29-2)10-8-21(6-4-19)13-17(26)27;1-2-3-18(23)21-10-8-20(9-11-21)16-7-5-14-4-6-15(13-22)19-17(14)12-16;1-3-4-5-6-9(2)7-8-10(11)12;1-3-5-6-4-2;1-3-2;2*1-2/h3-14H2,1-2H3,(H,24,25)(H,26,27);4-7,12,22H,2-3,8-11,13H2,1H3;3-6H,1,7-8H2,2H3,(H,11,12);3,5-6H,1,4H2,2H3;3H2,1-2H3;2*1-2H3/b;;5-4-,9-6+;6-5-;;;. The highest BCUT2D eigenvalue weighted by Gasteiger charge is 2.22. The summed E-state index contributed by atoms with van der Waals surface area (Å²) >= 11 is 0. The van der Waals surface area contributed by atoms with Crippen molar-refractivity contribution in [1.82, 2.24) is 29.5 Å². The van der Waals surface area contributed by atoms with E-state index in [1.165, 1.54) is 20.5 Å². The smallest absolute Gasteiger partial charge is 0.319 e. The van der Waals surface area contributed by atoms with Crippen LogP contribution in [0.4, 0.5) is 5.69 Å². The molecule has 1 aromatic heterocycles. The number of nitrogens with zero attached hydrogens (tertiary/aromatic N) is 7. The Kier molecular flexibility index (Phi) is 48.4. The number of carboxylic acids is 3. The summed E-state index contributed by atoms with van der Waals surface area (Å²) in [5, 5.41) is 37.0. The van der Waals surface area contributed by atoms with Crippen molar-refractivity contribution in [2.75, 3.05) is 117 Å². The molecule has 18 heteroatoms. The SMILES string of the molecule is C=C/C=C\C=C(/C)CCC(=O)O.C=C/C=C\CC.CC.CC.CCC.CCCC(=O)N1CCN(c2ccc3ccc(CO)nc3c2)CC1.COC(=O)CN1CCN(CC(=O)O)CCN(CC(C)=O)CCN(CC(=O)O)CC1. The minimum Gasteiger partial charge on any atom is -0.481 e. The number of piperazine rings is 1. The van der Waals surface area contributed by atoms with E-state index in [4.69, 9.17) is 9.84 Å². The monoisotopic (exact) mass is 1080 g/mol. The summed E-state index contributed by atoms with van der Waals surface area (Å²) in [7, 11) is 1.30. The molecule has 3 heterocycles. The molecule has 1 amide bonds. The third kappa shape index (κ3) is 39.9. The lowest BCUT2D eigenvalue weighted by atomic mass is 10.1. The number of methoxy groups -OCH3 is 1. The number of aromatic nitrogens is 1. The van der Waals surface area contributed by atoms with Crippen molar-refractivity contribution >= 4 is 52.2 Å². The number of aliphatic hydroxyl groups excluding tert-OH is 1. The number of ether oxygens (including phenoxy) is 1. The number of esters is 1. The summed E-state index contributed by atoms with van der Waals surface area (Å²) in [6, 6.07) is 10.1. The van der Waals surface area contributed by atoms with Gasteiger partial charge in [0.25, 0.3) is 0 Å². The maximum absolute atomic E-state index is 12.0. The number of carbonyl (C=O) groups is 6. The number of anilines is 1. The van der Waals surface area contributed by atoms with Gasteiger partial charge in [0.2, 0.25) is 5.91 Å². The predicted molar refractivity (Wildman–Crippen MR) is 313 cm³/mol. The highest BCUT2D eigenvalue weighted by atomic mass is 16.5. The molecule has 2 saturated heterocycles. The van der Waals surface area contributed by atoms with Crippen LogP contribution in [0.2, 0.25) is 0 Å². The van der Waals surface area contributed by atoms with Crippen LogP contribution in [0.5, 0.6) is 0 Å². The Morgan fingerprint density at radius 3 is 1.51 bits per heavy atom. The number of carbonyl (C=O) groups excluding carboxylic acids is 3. The van der Waals surface area contributed by atoms with Crippen LogP contribution in [0, 0.1) is 0 Å². The first-order valence-electron chi connectivity index (χ1n) is 27.3. The van der Waals surface area contributed by atoms with Gasteiger partial charge in [-0.25, -0.2) is 0 Å². The minimum atomic E-state index is -0.942. The van der Waals surface area contributed by atoms with Crippen LogP contribution in [0.1, 0.15) is 113 Å². The number of ketones is 1. The lowest BCUT2D eigenvalue weighted by Crippen LogP contribution is -2.49. The first-order valence-corrected chi connectivity index (χ1v) is 27.3. The van der Waals surface area contributed by atoms with Crippen LogP contribution >= 0.6 is 0 Å². The Balaban J connectivity index is -0.00000101. The van der Waals surface area contributed by atoms with Crippen molar-refractivity contribution < 1.29 is 53.9 Å². The number of amides is 1. The Morgan fingerprint density at radius 1 is 0.623 bits per heavy atom. The molecular formula is C59H99N7O11. The maximum atomic E-state index is 12.0. The summed E-state index contributed by atoms with van der Waals surface area (Å²) in [5.74, 6) is -2.78. The lowest BCUT2D eigenvalue weighted by Gasteiger charge is -2.36. The van der Waals surface area contributed by atoms with E-state index in [1.54, 1.807) is 22.0 Å². The number of allylic oxidation sites excluding steroid dienone is 8. The van der Waals surface area contributed by atoms with Crippen LogP contribution in [0.25, 0.3) is 10.9 Å². The highest BCUT2D eigenvalue weighted by molar-refractivity contribution is 5.83. The minimum absolute atomic E-state index is 0.00378. The normalized spacial score (nSPS) is 14.7. The molecule has 1 aromatic carbocycles. The number of carboxylic acid groups (broad SMARTS) is 3. The number of aliphatic carboxylic acids is 3. The predicted octanol–water partition coefficient (Wildman–Crippen LogP) is 8.46. The molecule has 2 aliphatic rings. The number of hydrogen-bond donors (Lipinski definition) is 4. The molecule has 0 spiro atoms. The fourth-order valence-electron chi connectivity index (χ4n) is 7.09. The van der Waals surface area contributed by atoms with E-state index in [2.05, 4.69) is 68.1 Å². The van der Waals surface area contributed by atoms with Gasteiger partial charge in [0.1, 0.15) is 5.78 Å². The molecule has 0 aliphatic carbocycles. The first-order chi connectivity index (χ1) is 36.9. The van der Waals surface area contributed by atoms with Crippen LogP contribution in [-0.2, 0) is 40.1 Å². The van der Waals surface area contributed by atoms with Gasteiger partial charge >= 0.3 is 23.9 Å². The third-order valence-electron chi connectivity index (χ3n) is 10.9. The van der Waals surface area contributed by atoms with Gasteiger partial charge in [-0.2, -0.15) is 0 Å². The Morgan fingerprint density at radius 2 is 1.10 bits per heavy atom. The van der Waals surface area contributed by atoms with E-state index in [0.717, 1.165) is 61.2 Å². The van der Waals surface area contributed by atoms with E-state index in [1.807, 2.05) is 92.7 Å². The zero-order chi connectivity index (χ0) is 59.0. The number of Topliss-reactive ketones (excluding diaryl/α,β-unsaturated/α-hetero) is 1. The molecule has 2 aliphatic heterocycles. The van der Waals surface area contributed by atoms with Gasteiger partial charge in [0.05, 0.1) is 51.1 Å². The zero-order valence-electron chi connectivity index (χ0n) is 48.9. The largest absolute Gasteiger partial charge is 0.481 e. The molecule has 0 saturated carbocycles. The summed E-state index contributed by atoms with van der Waals surface area (Å²) in [4.78, 5) is 83.8. The molecule has 18 nitrogen and oxygen atoms in total. The molecule has 0 radical (unpaired) electrons. The molecule has 436 valence electrons. The number of fused-ring (bicyclic) bond motifs is 1. The number of hydrogen-bond acceptors (Lipinski definition) is 14. The van der Waals surface area contributed by atoms with Gasteiger partial charge < -0.3 is 35.0 Å². The van der Waals surface area contributed by atoms with Gasteiger partial charge in [0, 0.05) is 102 Å². The summed E-state index contributed by atoms with van der Waals surface area (Å²) < 4.78 is 4.72. The average molecular weight is 1080 g/mol. The number of aliphatic hydroxyl groups is 1. The summed E-state index contributed by atoms with van der Waals surface area (Å²) in [6.45, 7) is 33.7. The van der Waals surface area contributed by atoms with Gasteiger partial charge in [-0.1, -0.05) is 135 Å². The highest BCUT2D eigenvalue weighted by Crippen LogP contribution is 2.23. The molecule has 2 aromatic rings. The van der Waals surface area contributed by atoms with E-state index in [0.29, 0.717) is 70.9 Å². The van der Waals surface area contributed by atoms with E-state index < -0.39 is 23.9 Å². The zero-order valence-corrected chi connectivity index (χ0v) is 48.9. The van der Waals surface area contributed by atoms with Crippen molar-refractivity contribution in [3.8, 4) is 0 Å². The van der Waals surface area contributed by atoms with Crippen molar-refractivity contribution in [1.29, 1.82) is 0 Å². The van der Waals surface area contributed by atoms with Crippen molar-refractivity contribution in [2.45, 2.75) is 114 Å². The summed E-state index contributed by atoms with van der Waals surface area (Å²) in [5.41, 5.74) is 3.78. The molecule has 77 heavy (non-hydrogen) atoms. The molecule has 4 rings (SSSR count). The van der Waals surface area contributed by atoms with E-state index >= 15 is 0 Å². The Labute approximate surface area is 462 Å². The van der Waals surface area contributed by atoms with Gasteiger partial charge in [-0.3, -0.25) is 53.4 Å². The van der Waals surface area contributed by atoms with E-state index in [9.17, 15) is 44.1 Å². The fourth-order valence-corrected chi connectivity index (χ4v) is 7.09. The quantitative estimate of drug-likeness (QED) is 0.0765. The lowest BCUT2D eigenvalue weighted by molar-refractivity contribution is -0.143. The maximum Gasteiger partial charge on any atom is 0.319 e. The van der Waals surface area contributed by atoms with Gasteiger partial charge in [-0.15, -0.1) is 0 Å². The Bertz CT molecular complexity index is 2020. The van der Waals surface area contributed by atoms with Crippen molar-refractivity contribution in [2.24, 2.45) is 0 Å². The topological polar surface area (TPSA) is 225 Å². The van der Waals surface area contributed by atoms with Gasteiger partial charge in [-0.05, 0) is 51.3 Å². The second-order valence-corrected chi connectivity index (χ2v) is 17.4. The van der Waals surface area contributed by atoms with Gasteiger partial charge in [0.15, 0.2) is 0 Å². The van der Waals surface area contributed by atoms with Crippen LogP contribution < -0.4 is 4.90 Å². The molecule has 0 unspecified atom stereocenters. The van der Waals surface area contributed by atoms with Crippen molar-refractivity contribution in [3.05, 3.63) is 97.3 Å². The number of rotatable bonds is 19. The molecular weight excluding hydrogens is 983 g/mol. The second-order valence-electron chi connectivity index (χ2n) is 17.4. The average Bonchev–Trinajstić information content (AvgIpc) is 3.41. The fraction of sp³-hybridized carbons (Fsp3) is 0.576. The number of benzene rings is 1. The second kappa shape index (κ2) is 49.5. The van der Waals surface area contributed by atoms with E-state index in [-0.39, 0.29) is 50.9 Å². The molecule has 2 fully saturated rings. The third-order valence-corrected chi connectivity index (χ3v) is 10.9. The molecule has 0 atom stereocenters. The van der Waals surface area contributed by atoms with Crippen LogP contribution in [0.3, 0.4) is 0 Å². The summed E-state index contributed by atoms with van der Waals surface area (Å²) in [6.07, 6.45) is 17.7. The first kappa shape index (κ1) is 75.2. The van der Waals surface area contributed by atoms with Crippen LogP contribution in [0.15, 0.2) is 91.6 Å². The Hall–Kier alpha value is -6.05.